The molecule has 2 aromatic carbocycles. The van der Waals surface area contributed by atoms with Gasteiger partial charge in [-0.3, -0.25) is 4.79 Å². The Morgan fingerprint density at radius 1 is 0.963 bits per heavy atom. The van der Waals surface area contributed by atoms with E-state index in [4.69, 9.17) is 0 Å². The van der Waals surface area contributed by atoms with Crippen molar-refractivity contribution in [2.45, 2.75) is 19.8 Å². The Bertz CT molecular complexity index is 895. The Hall–Kier alpha value is -3.28. The molecule has 0 unspecified atom stereocenters. The van der Waals surface area contributed by atoms with Gasteiger partial charge in [-0.1, -0.05) is 36.4 Å². The molecule has 5 nitrogen and oxygen atoms in total. The standard InChI is InChI=1S/C21H21FN4O/c1-15-4-2-3-5-17(15)14-21(27)24-20-11-10-19(25-26-20)23-13-12-16-6-8-18(22)9-7-16/h2-11H,12-14H2,1H3,(H,23,25)(H,24,26,27). The average Bonchev–Trinajstić information content (AvgIpc) is 2.67. The lowest BCUT2D eigenvalue weighted by molar-refractivity contribution is -0.115. The lowest BCUT2D eigenvalue weighted by Crippen LogP contribution is -2.16. The van der Waals surface area contributed by atoms with Gasteiger partial charge in [-0.25, -0.2) is 4.39 Å². The van der Waals surface area contributed by atoms with Crippen LogP contribution in [0.3, 0.4) is 0 Å². The van der Waals surface area contributed by atoms with E-state index in [2.05, 4.69) is 20.8 Å². The van der Waals surface area contributed by atoms with Crippen molar-refractivity contribution in [3.8, 4) is 0 Å². The normalized spacial score (nSPS) is 10.4. The number of hydrogen-bond acceptors (Lipinski definition) is 4. The fourth-order valence-corrected chi connectivity index (χ4v) is 2.65. The molecule has 0 aliphatic rings. The Kier molecular flexibility index (Phi) is 6.10. The highest BCUT2D eigenvalue weighted by Crippen LogP contribution is 2.11. The van der Waals surface area contributed by atoms with Crippen LogP contribution in [0.2, 0.25) is 0 Å². The SMILES string of the molecule is Cc1ccccc1CC(=O)Nc1ccc(NCCc2ccc(F)cc2)nn1. The number of carbonyl (C=O) groups is 1. The number of aromatic nitrogens is 2. The number of rotatable bonds is 7. The zero-order chi connectivity index (χ0) is 19.1. The maximum absolute atomic E-state index is 12.9. The van der Waals surface area contributed by atoms with Crippen molar-refractivity contribution in [3.05, 3.63) is 83.2 Å². The van der Waals surface area contributed by atoms with Gasteiger partial charge in [0, 0.05) is 6.54 Å². The van der Waals surface area contributed by atoms with Gasteiger partial charge in [0.05, 0.1) is 6.42 Å². The quantitative estimate of drug-likeness (QED) is 0.670. The maximum atomic E-state index is 12.9. The Morgan fingerprint density at radius 3 is 2.37 bits per heavy atom. The molecule has 0 saturated carbocycles. The molecule has 0 fully saturated rings. The van der Waals surface area contributed by atoms with E-state index in [-0.39, 0.29) is 11.7 Å². The largest absolute Gasteiger partial charge is 0.368 e. The number of nitrogens with zero attached hydrogens (tertiary/aromatic N) is 2. The number of nitrogens with one attached hydrogen (secondary N) is 2. The summed E-state index contributed by atoms with van der Waals surface area (Å²) in [5.41, 5.74) is 3.11. The first-order valence-corrected chi connectivity index (χ1v) is 8.76. The molecule has 138 valence electrons. The molecule has 1 amide bonds. The van der Waals surface area contributed by atoms with Gasteiger partial charge in [0.15, 0.2) is 5.82 Å². The van der Waals surface area contributed by atoms with Gasteiger partial charge in [0.2, 0.25) is 5.91 Å². The first-order valence-electron chi connectivity index (χ1n) is 8.76. The summed E-state index contributed by atoms with van der Waals surface area (Å²) in [6.45, 7) is 2.63. The van der Waals surface area contributed by atoms with Gasteiger partial charge in [-0.2, -0.15) is 0 Å². The van der Waals surface area contributed by atoms with E-state index in [0.717, 1.165) is 23.1 Å². The third-order valence-corrected chi connectivity index (χ3v) is 4.18. The molecule has 0 atom stereocenters. The molecular formula is C21H21FN4O. The third kappa shape index (κ3) is 5.60. The zero-order valence-corrected chi connectivity index (χ0v) is 15.1. The monoisotopic (exact) mass is 364 g/mol. The summed E-state index contributed by atoms with van der Waals surface area (Å²) < 4.78 is 12.9. The van der Waals surface area contributed by atoms with Gasteiger partial charge in [0.25, 0.3) is 0 Å². The molecule has 6 heteroatoms. The number of anilines is 2. The van der Waals surface area contributed by atoms with Crippen LogP contribution in [0.5, 0.6) is 0 Å². The van der Waals surface area contributed by atoms with E-state index < -0.39 is 0 Å². The summed E-state index contributed by atoms with van der Waals surface area (Å²) in [6.07, 6.45) is 1.04. The minimum atomic E-state index is -0.238. The predicted molar refractivity (Wildman–Crippen MR) is 104 cm³/mol. The third-order valence-electron chi connectivity index (χ3n) is 4.18. The van der Waals surface area contributed by atoms with E-state index in [1.165, 1.54) is 12.1 Å². The summed E-state index contributed by atoms with van der Waals surface area (Å²) in [6, 6.07) is 17.7. The number of carbonyl (C=O) groups excluding carboxylic acids is 1. The van der Waals surface area contributed by atoms with Crippen molar-refractivity contribution >= 4 is 17.5 Å². The lowest BCUT2D eigenvalue weighted by atomic mass is 10.1. The van der Waals surface area contributed by atoms with Gasteiger partial charge in [0.1, 0.15) is 11.6 Å². The zero-order valence-electron chi connectivity index (χ0n) is 15.1. The summed E-state index contributed by atoms with van der Waals surface area (Å²) in [5.74, 6) is 0.667. The summed E-state index contributed by atoms with van der Waals surface area (Å²) in [4.78, 5) is 12.2. The van der Waals surface area contributed by atoms with Gasteiger partial charge >= 0.3 is 0 Å². The van der Waals surface area contributed by atoms with E-state index in [1.54, 1.807) is 24.3 Å². The summed E-state index contributed by atoms with van der Waals surface area (Å²) in [5, 5.41) is 14.0. The van der Waals surface area contributed by atoms with Crippen molar-refractivity contribution in [1.29, 1.82) is 0 Å². The highest BCUT2D eigenvalue weighted by Gasteiger charge is 2.07. The summed E-state index contributed by atoms with van der Waals surface area (Å²) >= 11 is 0. The highest BCUT2D eigenvalue weighted by molar-refractivity contribution is 5.91. The van der Waals surface area contributed by atoms with Crippen LogP contribution in [-0.2, 0) is 17.6 Å². The van der Waals surface area contributed by atoms with Crippen LogP contribution >= 0.6 is 0 Å². The van der Waals surface area contributed by atoms with Crippen molar-refractivity contribution in [2.75, 3.05) is 17.2 Å². The maximum Gasteiger partial charge on any atom is 0.230 e. The molecular weight excluding hydrogens is 343 g/mol. The Morgan fingerprint density at radius 2 is 1.67 bits per heavy atom. The average molecular weight is 364 g/mol. The van der Waals surface area contributed by atoms with Crippen LogP contribution in [0, 0.1) is 12.7 Å². The van der Waals surface area contributed by atoms with Crippen molar-refractivity contribution in [1.82, 2.24) is 10.2 Å². The van der Waals surface area contributed by atoms with Crippen LogP contribution in [0.25, 0.3) is 0 Å². The van der Waals surface area contributed by atoms with E-state index in [1.807, 2.05) is 31.2 Å². The fourth-order valence-electron chi connectivity index (χ4n) is 2.65. The first kappa shape index (κ1) is 18.5. The van der Waals surface area contributed by atoms with Crippen LogP contribution < -0.4 is 10.6 Å². The minimum Gasteiger partial charge on any atom is -0.368 e. The molecule has 0 spiro atoms. The number of benzene rings is 2. The van der Waals surface area contributed by atoms with Crippen molar-refractivity contribution in [2.24, 2.45) is 0 Å². The van der Waals surface area contributed by atoms with Gasteiger partial charge < -0.3 is 10.6 Å². The molecule has 2 N–H and O–H groups in total. The second-order valence-electron chi connectivity index (χ2n) is 6.26. The summed E-state index contributed by atoms with van der Waals surface area (Å²) in [7, 11) is 0. The number of hydrogen-bond donors (Lipinski definition) is 2. The fraction of sp³-hybridized carbons (Fsp3) is 0.190. The molecule has 0 saturated heterocycles. The number of aryl methyl sites for hydroxylation is 1. The second-order valence-corrected chi connectivity index (χ2v) is 6.26. The molecule has 0 aliphatic carbocycles. The highest BCUT2D eigenvalue weighted by atomic mass is 19.1. The van der Waals surface area contributed by atoms with Crippen LogP contribution in [0.4, 0.5) is 16.0 Å². The number of halogens is 1. The molecule has 3 aromatic rings. The van der Waals surface area contributed by atoms with Crippen LogP contribution in [0.1, 0.15) is 16.7 Å². The van der Waals surface area contributed by atoms with E-state index >= 15 is 0 Å². The van der Waals surface area contributed by atoms with Crippen LogP contribution in [-0.4, -0.2) is 22.6 Å². The topological polar surface area (TPSA) is 66.9 Å². The molecule has 0 aliphatic heterocycles. The Labute approximate surface area is 157 Å². The molecule has 1 heterocycles. The van der Waals surface area contributed by atoms with Gasteiger partial charge in [-0.05, 0) is 54.3 Å². The van der Waals surface area contributed by atoms with Gasteiger partial charge in [-0.15, -0.1) is 10.2 Å². The first-order chi connectivity index (χ1) is 13.1. The number of amides is 1. The Balaban J connectivity index is 1.47. The lowest BCUT2D eigenvalue weighted by Gasteiger charge is -2.08. The predicted octanol–water partition coefficient (Wildman–Crippen LogP) is 3.76. The molecule has 1 aromatic heterocycles. The molecule has 3 rings (SSSR count). The molecule has 0 bridgehead atoms. The van der Waals surface area contributed by atoms with E-state index in [9.17, 15) is 9.18 Å². The molecule has 0 radical (unpaired) electrons. The van der Waals surface area contributed by atoms with E-state index in [0.29, 0.717) is 24.6 Å². The van der Waals surface area contributed by atoms with Crippen molar-refractivity contribution < 1.29 is 9.18 Å². The van der Waals surface area contributed by atoms with Crippen molar-refractivity contribution in [3.63, 3.8) is 0 Å². The second kappa shape index (κ2) is 8.89. The molecule has 27 heavy (non-hydrogen) atoms. The smallest absolute Gasteiger partial charge is 0.230 e. The minimum absolute atomic E-state index is 0.129. The van der Waals surface area contributed by atoms with Crippen LogP contribution in [0.15, 0.2) is 60.7 Å².